The average Bonchev–Trinajstić information content (AvgIpc) is 2.48. The molecule has 2 nitrogen and oxygen atoms in total. The highest BCUT2D eigenvalue weighted by molar-refractivity contribution is 6.37. The van der Waals surface area contributed by atoms with Gasteiger partial charge in [0, 0.05) is 27.7 Å². The van der Waals surface area contributed by atoms with Crippen LogP contribution in [-0.4, -0.2) is 10.8 Å². The van der Waals surface area contributed by atoms with Gasteiger partial charge >= 0.3 is 0 Å². The van der Waals surface area contributed by atoms with E-state index >= 15 is 0 Å². The summed E-state index contributed by atoms with van der Waals surface area (Å²) >= 11 is 12.0. The zero-order valence-electron chi connectivity index (χ0n) is 10.3. The van der Waals surface area contributed by atoms with Crippen LogP contribution in [0.5, 0.6) is 0 Å². The second-order valence-corrected chi connectivity index (χ2v) is 5.17. The zero-order chi connectivity index (χ0) is 14.1. The van der Waals surface area contributed by atoms with E-state index in [4.69, 9.17) is 23.2 Å². The van der Waals surface area contributed by atoms with Crippen molar-refractivity contribution >= 4 is 39.9 Å². The van der Waals surface area contributed by atoms with Gasteiger partial charge in [0.2, 0.25) is 0 Å². The molecular formula is C16H9Cl2NO. The minimum atomic E-state index is -0.156. The Morgan fingerprint density at radius 1 is 0.950 bits per heavy atom. The van der Waals surface area contributed by atoms with Crippen LogP contribution in [0.3, 0.4) is 0 Å². The van der Waals surface area contributed by atoms with Gasteiger partial charge in [0.05, 0.1) is 10.5 Å². The van der Waals surface area contributed by atoms with Crippen molar-refractivity contribution in [3.63, 3.8) is 0 Å². The van der Waals surface area contributed by atoms with Crippen molar-refractivity contribution < 1.29 is 4.79 Å². The molecule has 1 aromatic heterocycles. The molecule has 0 aliphatic rings. The van der Waals surface area contributed by atoms with Gasteiger partial charge in [-0.2, -0.15) is 0 Å². The third-order valence-electron chi connectivity index (χ3n) is 3.06. The van der Waals surface area contributed by atoms with Crippen LogP contribution in [0, 0.1) is 0 Å². The van der Waals surface area contributed by atoms with Crippen molar-refractivity contribution in [2.75, 3.05) is 0 Å². The Labute approximate surface area is 126 Å². The fourth-order valence-corrected chi connectivity index (χ4v) is 2.49. The molecule has 0 fully saturated rings. The van der Waals surface area contributed by atoms with Gasteiger partial charge in [-0.3, -0.25) is 9.78 Å². The molecule has 20 heavy (non-hydrogen) atoms. The Bertz CT molecular complexity index is 809. The van der Waals surface area contributed by atoms with E-state index in [9.17, 15) is 4.79 Å². The SMILES string of the molecule is O=C(c1cc(Cl)ccc1Cl)c1cccc2ncccc12. The highest BCUT2D eigenvalue weighted by Crippen LogP contribution is 2.26. The van der Waals surface area contributed by atoms with Gasteiger partial charge < -0.3 is 0 Å². The Morgan fingerprint density at radius 3 is 2.65 bits per heavy atom. The lowest BCUT2D eigenvalue weighted by Gasteiger charge is -2.07. The van der Waals surface area contributed by atoms with E-state index in [2.05, 4.69) is 4.98 Å². The van der Waals surface area contributed by atoms with E-state index in [1.165, 1.54) is 0 Å². The number of fused-ring (bicyclic) bond motifs is 1. The molecular weight excluding hydrogens is 293 g/mol. The summed E-state index contributed by atoms with van der Waals surface area (Å²) in [4.78, 5) is 16.9. The van der Waals surface area contributed by atoms with Crippen molar-refractivity contribution in [1.29, 1.82) is 0 Å². The predicted molar refractivity (Wildman–Crippen MR) is 81.6 cm³/mol. The van der Waals surface area contributed by atoms with Crippen molar-refractivity contribution in [3.05, 3.63) is 75.9 Å². The maximum Gasteiger partial charge on any atom is 0.195 e. The van der Waals surface area contributed by atoms with E-state index in [1.807, 2.05) is 12.1 Å². The fraction of sp³-hybridized carbons (Fsp3) is 0. The Kier molecular flexibility index (Phi) is 3.43. The lowest BCUT2D eigenvalue weighted by atomic mass is 9.99. The number of carbonyl (C=O) groups is 1. The topological polar surface area (TPSA) is 30.0 Å². The monoisotopic (exact) mass is 301 g/mol. The molecule has 0 unspecified atom stereocenters. The lowest BCUT2D eigenvalue weighted by molar-refractivity contribution is 0.104. The molecule has 1 heterocycles. The highest BCUT2D eigenvalue weighted by Gasteiger charge is 2.16. The van der Waals surface area contributed by atoms with Crippen molar-refractivity contribution in [1.82, 2.24) is 4.98 Å². The third kappa shape index (κ3) is 2.28. The molecule has 3 rings (SSSR count). The molecule has 0 bridgehead atoms. The summed E-state index contributed by atoms with van der Waals surface area (Å²) in [6, 6.07) is 14.0. The van der Waals surface area contributed by atoms with Crippen LogP contribution in [-0.2, 0) is 0 Å². The van der Waals surface area contributed by atoms with Gasteiger partial charge in [-0.15, -0.1) is 0 Å². The van der Waals surface area contributed by atoms with Crippen LogP contribution in [0.25, 0.3) is 10.9 Å². The van der Waals surface area contributed by atoms with Crippen LogP contribution in [0.15, 0.2) is 54.7 Å². The van der Waals surface area contributed by atoms with Gasteiger partial charge in [-0.25, -0.2) is 0 Å². The minimum absolute atomic E-state index is 0.156. The summed E-state index contributed by atoms with van der Waals surface area (Å²) in [7, 11) is 0. The van der Waals surface area contributed by atoms with Gasteiger partial charge in [-0.05, 0) is 30.3 Å². The molecule has 0 spiro atoms. The van der Waals surface area contributed by atoms with Crippen LogP contribution in [0.4, 0.5) is 0 Å². The predicted octanol–water partition coefficient (Wildman–Crippen LogP) is 4.77. The zero-order valence-corrected chi connectivity index (χ0v) is 11.8. The van der Waals surface area contributed by atoms with Crippen LogP contribution in [0.2, 0.25) is 10.0 Å². The number of aromatic nitrogens is 1. The number of rotatable bonds is 2. The Hall–Kier alpha value is -1.90. The van der Waals surface area contributed by atoms with E-state index in [1.54, 1.807) is 42.6 Å². The number of pyridine rings is 1. The van der Waals surface area contributed by atoms with Crippen LogP contribution in [0.1, 0.15) is 15.9 Å². The number of benzene rings is 2. The molecule has 0 saturated carbocycles. The number of hydrogen-bond acceptors (Lipinski definition) is 2. The van der Waals surface area contributed by atoms with Crippen molar-refractivity contribution in [2.45, 2.75) is 0 Å². The molecule has 2 aromatic carbocycles. The molecule has 0 N–H and O–H groups in total. The molecule has 0 radical (unpaired) electrons. The maximum absolute atomic E-state index is 12.7. The first kappa shape index (κ1) is 13.1. The van der Waals surface area contributed by atoms with Gasteiger partial charge in [0.25, 0.3) is 0 Å². The molecule has 0 aliphatic heterocycles. The summed E-state index contributed by atoms with van der Waals surface area (Å²) in [6.45, 7) is 0. The number of hydrogen-bond donors (Lipinski definition) is 0. The Balaban J connectivity index is 2.20. The third-order valence-corrected chi connectivity index (χ3v) is 3.63. The molecule has 98 valence electrons. The van der Waals surface area contributed by atoms with E-state index in [0.29, 0.717) is 21.2 Å². The summed E-state index contributed by atoms with van der Waals surface area (Å²) in [5, 5.41) is 1.67. The summed E-state index contributed by atoms with van der Waals surface area (Å²) in [6.07, 6.45) is 1.70. The fourth-order valence-electron chi connectivity index (χ4n) is 2.12. The summed E-state index contributed by atoms with van der Waals surface area (Å²) < 4.78 is 0. The standard InChI is InChI=1S/C16H9Cl2NO/c17-10-6-7-14(18)13(9-10)16(20)12-3-1-5-15-11(12)4-2-8-19-15/h1-9H. The van der Waals surface area contributed by atoms with Gasteiger partial charge in [-0.1, -0.05) is 41.4 Å². The van der Waals surface area contributed by atoms with Gasteiger partial charge in [0.1, 0.15) is 0 Å². The van der Waals surface area contributed by atoms with E-state index in [0.717, 1.165) is 10.9 Å². The van der Waals surface area contributed by atoms with Gasteiger partial charge in [0.15, 0.2) is 5.78 Å². The summed E-state index contributed by atoms with van der Waals surface area (Å²) in [5.41, 5.74) is 1.74. The Morgan fingerprint density at radius 2 is 1.80 bits per heavy atom. The molecule has 0 amide bonds. The quantitative estimate of drug-likeness (QED) is 0.638. The van der Waals surface area contributed by atoms with Crippen molar-refractivity contribution in [2.24, 2.45) is 0 Å². The number of carbonyl (C=O) groups excluding carboxylic acids is 1. The number of nitrogens with zero attached hydrogens (tertiary/aromatic N) is 1. The molecule has 3 aromatic rings. The van der Waals surface area contributed by atoms with Crippen molar-refractivity contribution in [3.8, 4) is 0 Å². The minimum Gasteiger partial charge on any atom is -0.289 e. The molecule has 4 heteroatoms. The first-order valence-corrected chi connectivity index (χ1v) is 6.76. The largest absolute Gasteiger partial charge is 0.289 e. The first-order chi connectivity index (χ1) is 9.66. The molecule has 0 atom stereocenters. The van der Waals surface area contributed by atoms with E-state index < -0.39 is 0 Å². The van der Waals surface area contributed by atoms with E-state index in [-0.39, 0.29) is 5.78 Å². The second kappa shape index (κ2) is 5.23. The first-order valence-electron chi connectivity index (χ1n) is 6.00. The maximum atomic E-state index is 12.7. The van der Waals surface area contributed by atoms with Crippen LogP contribution < -0.4 is 0 Å². The number of ketones is 1. The molecule has 0 saturated heterocycles. The average molecular weight is 302 g/mol. The number of halogens is 2. The lowest BCUT2D eigenvalue weighted by Crippen LogP contribution is -2.03. The van der Waals surface area contributed by atoms with Crippen LogP contribution >= 0.6 is 23.2 Å². The smallest absolute Gasteiger partial charge is 0.195 e. The highest BCUT2D eigenvalue weighted by atomic mass is 35.5. The second-order valence-electron chi connectivity index (χ2n) is 4.33. The normalized spacial score (nSPS) is 10.7. The molecule has 0 aliphatic carbocycles. The summed E-state index contributed by atoms with van der Waals surface area (Å²) in [5.74, 6) is -0.156.